The summed E-state index contributed by atoms with van der Waals surface area (Å²) in [6, 6.07) is 5.58. The molecule has 5 nitrogen and oxygen atoms in total. The van der Waals surface area contributed by atoms with E-state index in [0.29, 0.717) is 11.3 Å². The molecule has 0 aromatic heterocycles. The molecule has 1 saturated heterocycles. The lowest BCUT2D eigenvalue weighted by Gasteiger charge is -2.32. The Balaban J connectivity index is 2.06. The van der Waals surface area contributed by atoms with Crippen LogP contribution in [-0.2, 0) is 11.3 Å². The third-order valence-electron chi connectivity index (χ3n) is 3.53. The number of likely N-dealkylation sites (N-methyl/N-ethyl adjacent to an activating group) is 1. The van der Waals surface area contributed by atoms with Crippen molar-refractivity contribution in [1.82, 2.24) is 9.80 Å². The summed E-state index contributed by atoms with van der Waals surface area (Å²) in [6.07, 6.45) is 0. The number of hydrogen-bond acceptors (Lipinski definition) is 5. The number of benzene rings is 1. The summed E-state index contributed by atoms with van der Waals surface area (Å²) in [6.45, 7) is 5.11. The van der Waals surface area contributed by atoms with Crippen LogP contribution < -0.4 is 5.73 Å². The molecule has 104 valence electrons. The highest BCUT2D eigenvalue weighted by molar-refractivity contribution is 5.95. The van der Waals surface area contributed by atoms with E-state index in [-0.39, 0.29) is 5.97 Å². The van der Waals surface area contributed by atoms with E-state index >= 15 is 0 Å². The molecule has 0 aliphatic carbocycles. The molecule has 1 heterocycles. The maximum absolute atomic E-state index is 11.6. The van der Waals surface area contributed by atoms with Gasteiger partial charge in [-0.05, 0) is 24.7 Å². The second-order valence-electron chi connectivity index (χ2n) is 4.99. The first kappa shape index (κ1) is 13.8. The number of anilines is 1. The predicted molar refractivity (Wildman–Crippen MR) is 75.0 cm³/mol. The first-order valence-electron chi connectivity index (χ1n) is 6.48. The molecular formula is C14H21N3O2. The molecule has 1 aromatic carbocycles. The van der Waals surface area contributed by atoms with E-state index in [1.165, 1.54) is 7.11 Å². The molecule has 5 heteroatoms. The van der Waals surface area contributed by atoms with E-state index in [9.17, 15) is 4.79 Å². The van der Waals surface area contributed by atoms with E-state index in [4.69, 9.17) is 10.5 Å². The third-order valence-corrected chi connectivity index (χ3v) is 3.53. The minimum Gasteiger partial charge on any atom is -0.465 e. The monoisotopic (exact) mass is 263 g/mol. The van der Waals surface area contributed by atoms with Crippen LogP contribution in [0.3, 0.4) is 0 Å². The van der Waals surface area contributed by atoms with Crippen LogP contribution in [-0.4, -0.2) is 56.1 Å². The zero-order chi connectivity index (χ0) is 13.8. The molecule has 0 saturated carbocycles. The summed E-state index contributed by atoms with van der Waals surface area (Å²) in [5.41, 5.74) is 7.81. The molecule has 1 fully saturated rings. The molecule has 2 rings (SSSR count). The summed E-state index contributed by atoms with van der Waals surface area (Å²) >= 11 is 0. The highest BCUT2D eigenvalue weighted by atomic mass is 16.5. The Hall–Kier alpha value is -1.59. The van der Waals surface area contributed by atoms with Gasteiger partial charge in [0.2, 0.25) is 0 Å². The Morgan fingerprint density at radius 1 is 1.32 bits per heavy atom. The minimum absolute atomic E-state index is 0.377. The van der Waals surface area contributed by atoms with E-state index in [2.05, 4.69) is 16.8 Å². The molecule has 19 heavy (non-hydrogen) atoms. The maximum atomic E-state index is 11.6. The Morgan fingerprint density at radius 2 is 2.00 bits per heavy atom. The summed E-state index contributed by atoms with van der Waals surface area (Å²) in [5.74, 6) is -0.377. The van der Waals surface area contributed by atoms with E-state index in [1.807, 2.05) is 12.1 Å². The van der Waals surface area contributed by atoms with Crippen LogP contribution in [0, 0.1) is 0 Å². The number of piperazine rings is 1. The molecule has 1 aromatic rings. The van der Waals surface area contributed by atoms with Crippen LogP contribution in [0.2, 0.25) is 0 Å². The Bertz CT molecular complexity index is 454. The number of methoxy groups -OCH3 is 1. The van der Waals surface area contributed by atoms with Crippen molar-refractivity contribution >= 4 is 11.7 Å². The second-order valence-corrected chi connectivity index (χ2v) is 4.99. The van der Waals surface area contributed by atoms with Gasteiger partial charge in [-0.15, -0.1) is 0 Å². The number of carbonyl (C=O) groups excluding carboxylic acids is 1. The van der Waals surface area contributed by atoms with Gasteiger partial charge in [0.15, 0.2) is 0 Å². The average Bonchev–Trinajstić information content (AvgIpc) is 2.42. The van der Waals surface area contributed by atoms with E-state index in [1.54, 1.807) is 6.07 Å². The zero-order valence-corrected chi connectivity index (χ0v) is 11.6. The molecule has 0 unspecified atom stereocenters. The van der Waals surface area contributed by atoms with Crippen molar-refractivity contribution in [2.45, 2.75) is 6.54 Å². The SMILES string of the molecule is COC(=O)c1cc(CN2CCN(C)CC2)ccc1N. The molecule has 1 aliphatic rings. The predicted octanol–water partition coefficient (Wildman–Crippen LogP) is 0.803. The quantitative estimate of drug-likeness (QED) is 0.646. The first-order chi connectivity index (χ1) is 9.10. The van der Waals surface area contributed by atoms with Gasteiger partial charge >= 0.3 is 5.97 Å². The van der Waals surface area contributed by atoms with Gasteiger partial charge in [0.05, 0.1) is 12.7 Å². The fourth-order valence-corrected chi connectivity index (χ4v) is 2.25. The number of nitrogen functional groups attached to an aromatic ring is 1. The topological polar surface area (TPSA) is 58.8 Å². The second kappa shape index (κ2) is 6.04. The van der Waals surface area contributed by atoms with Crippen LogP contribution >= 0.6 is 0 Å². The zero-order valence-electron chi connectivity index (χ0n) is 11.6. The number of hydrogen-bond donors (Lipinski definition) is 1. The van der Waals surface area contributed by atoms with Gasteiger partial charge < -0.3 is 15.4 Å². The first-order valence-corrected chi connectivity index (χ1v) is 6.48. The molecule has 2 N–H and O–H groups in total. The van der Waals surface area contributed by atoms with Gasteiger partial charge in [0.1, 0.15) is 0 Å². The number of ether oxygens (including phenoxy) is 1. The van der Waals surface area contributed by atoms with Crippen LogP contribution in [0.4, 0.5) is 5.69 Å². The Labute approximate surface area is 113 Å². The van der Waals surface area contributed by atoms with Gasteiger partial charge in [0, 0.05) is 38.4 Å². The summed E-state index contributed by atoms with van der Waals surface area (Å²) in [4.78, 5) is 16.3. The van der Waals surface area contributed by atoms with Crippen molar-refractivity contribution in [3.63, 3.8) is 0 Å². The average molecular weight is 263 g/mol. The van der Waals surface area contributed by atoms with Crippen LogP contribution in [0.5, 0.6) is 0 Å². The highest BCUT2D eigenvalue weighted by Crippen LogP contribution is 2.17. The van der Waals surface area contributed by atoms with Crippen molar-refractivity contribution < 1.29 is 9.53 Å². The minimum atomic E-state index is -0.377. The van der Waals surface area contributed by atoms with Crippen LogP contribution in [0.15, 0.2) is 18.2 Å². The normalized spacial score (nSPS) is 17.4. The van der Waals surface area contributed by atoms with Crippen LogP contribution in [0.1, 0.15) is 15.9 Å². The summed E-state index contributed by atoms with van der Waals surface area (Å²) in [7, 11) is 3.50. The molecule has 0 spiro atoms. The van der Waals surface area contributed by atoms with Crippen molar-refractivity contribution in [3.8, 4) is 0 Å². The van der Waals surface area contributed by atoms with Crippen LogP contribution in [0.25, 0.3) is 0 Å². The summed E-state index contributed by atoms with van der Waals surface area (Å²) < 4.78 is 4.74. The fourth-order valence-electron chi connectivity index (χ4n) is 2.25. The molecule has 0 amide bonds. The Kier molecular flexibility index (Phi) is 4.39. The largest absolute Gasteiger partial charge is 0.465 e. The van der Waals surface area contributed by atoms with Crippen molar-refractivity contribution in [1.29, 1.82) is 0 Å². The van der Waals surface area contributed by atoms with Gasteiger partial charge in [-0.25, -0.2) is 4.79 Å². The standard InChI is InChI=1S/C14H21N3O2/c1-16-5-7-17(8-6-16)10-11-3-4-13(15)12(9-11)14(18)19-2/h3-4,9H,5-8,10,15H2,1-2H3. The lowest BCUT2D eigenvalue weighted by molar-refractivity contribution is 0.0601. The van der Waals surface area contributed by atoms with Gasteiger partial charge in [0.25, 0.3) is 0 Å². The highest BCUT2D eigenvalue weighted by Gasteiger charge is 2.16. The van der Waals surface area contributed by atoms with Gasteiger partial charge in [-0.2, -0.15) is 0 Å². The fraction of sp³-hybridized carbons (Fsp3) is 0.500. The van der Waals surface area contributed by atoms with E-state index < -0.39 is 0 Å². The molecule has 0 radical (unpaired) electrons. The van der Waals surface area contributed by atoms with E-state index in [0.717, 1.165) is 38.3 Å². The molecular weight excluding hydrogens is 242 g/mol. The number of nitrogens with zero attached hydrogens (tertiary/aromatic N) is 2. The lowest BCUT2D eigenvalue weighted by Crippen LogP contribution is -2.43. The number of rotatable bonds is 3. The van der Waals surface area contributed by atoms with Gasteiger partial charge in [-0.3, -0.25) is 4.90 Å². The molecule has 0 bridgehead atoms. The number of carbonyl (C=O) groups is 1. The van der Waals surface area contributed by atoms with Gasteiger partial charge in [-0.1, -0.05) is 6.07 Å². The molecule has 0 atom stereocenters. The van der Waals surface area contributed by atoms with Crippen molar-refractivity contribution in [2.24, 2.45) is 0 Å². The summed E-state index contributed by atoms with van der Waals surface area (Å²) in [5, 5.41) is 0. The van der Waals surface area contributed by atoms with Crippen molar-refractivity contribution in [2.75, 3.05) is 46.1 Å². The maximum Gasteiger partial charge on any atom is 0.339 e. The third kappa shape index (κ3) is 3.45. The molecule has 1 aliphatic heterocycles. The van der Waals surface area contributed by atoms with Crippen molar-refractivity contribution in [3.05, 3.63) is 29.3 Å². The lowest BCUT2D eigenvalue weighted by atomic mass is 10.1. The Morgan fingerprint density at radius 3 is 2.63 bits per heavy atom. The number of nitrogens with two attached hydrogens (primary N) is 1. The smallest absolute Gasteiger partial charge is 0.339 e. The number of esters is 1.